The van der Waals surface area contributed by atoms with Crippen molar-refractivity contribution < 1.29 is 4.39 Å². The van der Waals surface area contributed by atoms with Crippen LogP contribution in [0.5, 0.6) is 0 Å². The lowest BCUT2D eigenvalue weighted by Crippen LogP contribution is -2.23. The number of rotatable bonds is 1. The van der Waals surface area contributed by atoms with Crippen LogP contribution in [0, 0.1) is 12.7 Å². The first kappa shape index (κ1) is 9.83. The van der Waals surface area contributed by atoms with Gasteiger partial charge in [-0.05, 0) is 26.0 Å². The second kappa shape index (κ2) is 3.46. The highest BCUT2D eigenvalue weighted by Gasteiger charge is 2.10. The van der Waals surface area contributed by atoms with E-state index in [4.69, 9.17) is 0 Å². The second-order valence-corrected chi connectivity index (χ2v) is 3.34. The van der Waals surface area contributed by atoms with Gasteiger partial charge in [0.1, 0.15) is 17.0 Å². The van der Waals surface area contributed by atoms with E-state index < -0.39 is 5.82 Å². The van der Waals surface area contributed by atoms with E-state index >= 15 is 0 Å². The van der Waals surface area contributed by atoms with Crippen LogP contribution in [-0.4, -0.2) is 9.55 Å². The highest BCUT2D eigenvalue weighted by atomic mass is 19.1. The number of fused-ring (bicyclic) bond motifs is 1. The summed E-state index contributed by atoms with van der Waals surface area (Å²) in [7, 11) is 0. The minimum Gasteiger partial charge on any atom is -0.297 e. The number of aromatic nitrogens is 2. The molecule has 1 aromatic heterocycles. The lowest BCUT2D eigenvalue weighted by atomic mass is 10.2. The first-order valence-corrected chi connectivity index (χ1v) is 4.80. The lowest BCUT2D eigenvalue weighted by molar-refractivity contribution is 0.629. The predicted molar refractivity (Wildman–Crippen MR) is 56.4 cm³/mol. The largest absolute Gasteiger partial charge is 0.297 e. The number of hydrogen-bond donors (Lipinski definition) is 0. The molecule has 15 heavy (non-hydrogen) atoms. The predicted octanol–water partition coefficient (Wildman–Crippen LogP) is 1.86. The van der Waals surface area contributed by atoms with E-state index in [1.54, 1.807) is 19.1 Å². The Bertz CT molecular complexity index is 575. The molecule has 0 aliphatic heterocycles. The Morgan fingerprint density at radius 1 is 1.47 bits per heavy atom. The molecule has 0 radical (unpaired) electrons. The van der Waals surface area contributed by atoms with E-state index in [9.17, 15) is 9.18 Å². The van der Waals surface area contributed by atoms with Gasteiger partial charge in [0.15, 0.2) is 0 Å². The minimum atomic E-state index is -0.507. The van der Waals surface area contributed by atoms with Gasteiger partial charge < -0.3 is 0 Å². The van der Waals surface area contributed by atoms with Crippen molar-refractivity contribution in [1.29, 1.82) is 0 Å². The smallest absolute Gasteiger partial charge is 0.264 e. The van der Waals surface area contributed by atoms with Crippen molar-refractivity contribution in [1.82, 2.24) is 9.55 Å². The van der Waals surface area contributed by atoms with Crippen LogP contribution in [0.4, 0.5) is 4.39 Å². The van der Waals surface area contributed by atoms with Crippen LogP contribution in [0.1, 0.15) is 12.7 Å². The van der Waals surface area contributed by atoms with E-state index in [2.05, 4.69) is 4.98 Å². The summed E-state index contributed by atoms with van der Waals surface area (Å²) < 4.78 is 14.9. The molecule has 3 nitrogen and oxygen atoms in total. The van der Waals surface area contributed by atoms with Gasteiger partial charge in [-0.1, -0.05) is 6.07 Å². The van der Waals surface area contributed by atoms with Crippen LogP contribution in [0.2, 0.25) is 0 Å². The SMILES string of the molecule is CCn1c(C)nc2cccc(F)c2c1=O. The van der Waals surface area contributed by atoms with Crippen LogP contribution >= 0.6 is 0 Å². The summed E-state index contributed by atoms with van der Waals surface area (Å²) in [6.07, 6.45) is 0. The van der Waals surface area contributed by atoms with Crippen LogP contribution in [0.15, 0.2) is 23.0 Å². The molecule has 0 aliphatic carbocycles. The third-order valence-electron chi connectivity index (χ3n) is 2.44. The molecule has 0 spiro atoms. The molecule has 78 valence electrons. The summed E-state index contributed by atoms with van der Waals surface area (Å²) in [5, 5.41) is 0.0740. The maximum atomic E-state index is 13.4. The molecular formula is C11H11FN2O. The fourth-order valence-corrected chi connectivity index (χ4v) is 1.71. The Balaban J connectivity index is 2.99. The maximum absolute atomic E-state index is 13.4. The van der Waals surface area contributed by atoms with Gasteiger partial charge in [0.2, 0.25) is 0 Å². The number of hydrogen-bond acceptors (Lipinski definition) is 2. The van der Waals surface area contributed by atoms with Crippen molar-refractivity contribution in [2.45, 2.75) is 20.4 Å². The zero-order chi connectivity index (χ0) is 11.0. The third-order valence-corrected chi connectivity index (χ3v) is 2.44. The number of nitrogens with zero attached hydrogens (tertiary/aromatic N) is 2. The zero-order valence-electron chi connectivity index (χ0n) is 8.62. The third kappa shape index (κ3) is 1.42. The van der Waals surface area contributed by atoms with E-state index in [1.807, 2.05) is 6.92 Å². The molecule has 4 heteroatoms. The van der Waals surface area contributed by atoms with Crippen molar-refractivity contribution in [2.24, 2.45) is 0 Å². The fourth-order valence-electron chi connectivity index (χ4n) is 1.71. The van der Waals surface area contributed by atoms with E-state index in [1.165, 1.54) is 10.6 Å². The van der Waals surface area contributed by atoms with Gasteiger partial charge in [-0.15, -0.1) is 0 Å². The highest BCUT2D eigenvalue weighted by molar-refractivity contribution is 5.78. The summed E-state index contributed by atoms with van der Waals surface area (Å²) in [5.74, 6) is 0.104. The van der Waals surface area contributed by atoms with Gasteiger partial charge in [-0.2, -0.15) is 0 Å². The zero-order valence-corrected chi connectivity index (χ0v) is 8.62. The van der Waals surface area contributed by atoms with Gasteiger partial charge in [0.25, 0.3) is 5.56 Å². The summed E-state index contributed by atoms with van der Waals surface area (Å²) in [6, 6.07) is 4.48. The average molecular weight is 206 g/mol. The normalized spacial score (nSPS) is 10.9. The highest BCUT2D eigenvalue weighted by Crippen LogP contribution is 2.11. The van der Waals surface area contributed by atoms with Crippen molar-refractivity contribution in [3.8, 4) is 0 Å². The van der Waals surface area contributed by atoms with Crippen LogP contribution in [-0.2, 0) is 6.54 Å². The molecule has 2 rings (SSSR count). The van der Waals surface area contributed by atoms with Crippen molar-refractivity contribution >= 4 is 10.9 Å². The molecule has 0 atom stereocenters. The summed E-state index contributed by atoms with van der Waals surface area (Å²) in [6.45, 7) is 4.08. The minimum absolute atomic E-state index is 0.0740. The first-order chi connectivity index (χ1) is 7.15. The topological polar surface area (TPSA) is 34.9 Å². The molecule has 0 bridgehead atoms. The molecule has 1 aromatic carbocycles. The van der Waals surface area contributed by atoms with Crippen LogP contribution < -0.4 is 5.56 Å². The van der Waals surface area contributed by atoms with Gasteiger partial charge in [-0.3, -0.25) is 9.36 Å². The van der Waals surface area contributed by atoms with E-state index in [-0.39, 0.29) is 10.9 Å². The summed E-state index contributed by atoms with van der Waals surface area (Å²) in [4.78, 5) is 16.1. The molecule has 0 amide bonds. The molecule has 1 heterocycles. The quantitative estimate of drug-likeness (QED) is 0.713. The average Bonchev–Trinajstić information content (AvgIpc) is 2.17. The van der Waals surface area contributed by atoms with Crippen LogP contribution in [0.25, 0.3) is 10.9 Å². The van der Waals surface area contributed by atoms with Crippen molar-refractivity contribution in [3.05, 3.63) is 40.2 Å². The van der Waals surface area contributed by atoms with Gasteiger partial charge in [0, 0.05) is 6.54 Å². The van der Waals surface area contributed by atoms with Crippen molar-refractivity contribution in [3.63, 3.8) is 0 Å². The van der Waals surface area contributed by atoms with Crippen LogP contribution in [0.3, 0.4) is 0 Å². The fraction of sp³-hybridized carbons (Fsp3) is 0.273. The van der Waals surface area contributed by atoms with Gasteiger partial charge >= 0.3 is 0 Å². The molecule has 0 fully saturated rings. The monoisotopic (exact) mass is 206 g/mol. The Hall–Kier alpha value is -1.71. The Morgan fingerprint density at radius 2 is 2.20 bits per heavy atom. The molecule has 0 unspecified atom stereocenters. The standard InChI is InChI=1S/C11H11FN2O/c1-3-14-7(2)13-9-6-4-5-8(12)10(9)11(14)15/h4-6H,3H2,1-2H3. The number of halogens is 1. The van der Waals surface area contributed by atoms with Gasteiger partial charge in [-0.25, -0.2) is 9.37 Å². The molecular weight excluding hydrogens is 195 g/mol. The lowest BCUT2D eigenvalue weighted by Gasteiger charge is -2.07. The van der Waals surface area contributed by atoms with Crippen molar-refractivity contribution in [2.75, 3.05) is 0 Å². The Kier molecular flexibility index (Phi) is 2.26. The van der Waals surface area contributed by atoms with Gasteiger partial charge in [0.05, 0.1) is 5.52 Å². The Labute approximate surface area is 86.2 Å². The molecule has 0 N–H and O–H groups in total. The maximum Gasteiger partial charge on any atom is 0.264 e. The van der Waals surface area contributed by atoms with E-state index in [0.29, 0.717) is 17.9 Å². The number of benzene rings is 1. The molecule has 0 saturated heterocycles. The van der Waals surface area contributed by atoms with E-state index in [0.717, 1.165) is 0 Å². The summed E-state index contributed by atoms with van der Waals surface area (Å²) in [5.41, 5.74) is 0.111. The Morgan fingerprint density at radius 3 is 2.87 bits per heavy atom. The number of aryl methyl sites for hydroxylation is 1. The molecule has 2 aromatic rings. The molecule has 0 saturated carbocycles. The first-order valence-electron chi connectivity index (χ1n) is 4.80. The summed E-state index contributed by atoms with van der Waals surface area (Å²) >= 11 is 0. The molecule has 0 aliphatic rings. The second-order valence-electron chi connectivity index (χ2n) is 3.34.